The first kappa shape index (κ1) is 19.7. The highest BCUT2D eigenvalue weighted by atomic mass is 16.7. The predicted molar refractivity (Wildman–Crippen MR) is 104 cm³/mol. The molecule has 1 aliphatic heterocycles. The number of fused-ring (bicyclic) bond motifs is 5. The monoisotopic (exact) mass is 378 g/mol. The summed E-state index contributed by atoms with van der Waals surface area (Å²) in [5.41, 5.74) is 0. The highest BCUT2D eigenvalue weighted by Crippen LogP contribution is 2.65. The van der Waals surface area contributed by atoms with Gasteiger partial charge in [-0.15, -0.1) is 0 Å². The van der Waals surface area contributed by atoms with E-state index in [1.54, 1.807) is 0 Å². The summed E-state index contributed by atoms with van der Waals surface area (Å²) in [6.07, 6.45) is 8.08. The number of esters is 1. The van der Waals surface area contributed by atoms with Crippen molar-refractivity contribution < 1.29 is 19.0 Å². The molecule has 27 heavy (non-hydrogen) atoms. The van der Waals surface area contributed by atoms with Crippen molar-refractivity contribution in [3.63, 3.8) is 0 Å². The van der Waals surface area contributed by atoms with Gasteiger partial charge < -0.3 is 14.2 Å². The molecule has 4 heteroatoms. The van der Waals surface area contributed by atoms with Crippen molar-refractivity contribution in [3.8, 4) is 0 Å². The van der Waals surface area contributed by atoms with E-state index in [-0.39, 0.29) is 18.0 Å². The smallest absolute Gasteiger partial charge is 0.309 e. The molecular weight excluding hydrogens is 340 g/mol. The van der Waals surface area contributed by atoms with E-state index < -0.39 is 5.79 Å². The van der Waals surface area contributed by atoms with Crippen LogP contribution in [0.4, 0.5) is 0 Å². The first-order valence-electron chi connectivity index (χ1n) is 11.5. The van der Waals surface area contributed by atoms with Crippen LogP contribution in [0.2, 0.25) is 0 Å². The normalized spacial score (nSPS) is 48.1. The number of hydrogen-bond acceptors (Lipinski definition) is 4. The van der Waals surface area contributed by atoms with Gasteiger partial charge >= 0.3 is 5.97 Å². The third-order valence-electron chi connectivity index (χ3n) is 8.28. The molecule has 3 aliphatic carbocycles. The summed E-state index contributed by atoms with van der Waals surface area (Å²) < 4.78 is 17.6. The Morgan fingerprint density at radius 2 is 1.81 bits per heavy atom. The third-order valence-corrected chi connectivity index (χ3v) is 8.28. The number of rotatable bonds is 7. The molecule has 9 atom stereocenters. The van der Waals surface area contributed by atoms with E-state index in [2.05, 4.69) is 20.8 Å². The van der Waals surface area contributed by atoms with E-state index in [4.69, 9.17) is 14.2 Å². The quantitative estimate of drug-likeness (QED) is 0.597. The average molecular weight is 379 g/mol. The predicted octanol–water partition coefficient (Wildman–Crippen LogP) is 4.81. The summed E-state index contributed by atoms with van der Waals surface area (Å²) in [5.74, 6) is 4.37. The zero-order chi connectivity index (χ0) is 19.2. The second-order valence-electron chi connectivity index (χ2n) is 9.79. The van der Waals surface area contributed by atoms with Crippen LogP contribution in [-0.2, 0) is 19.0 Å². The van der Waals surface area contributed by atoms with Gasteiger partial charge in [-0.1, -0.05) is 40.0 Å². The second-order valence-corrected chi connectivity index (χ2v) is 9.79. The number of carbonyl (C=O) groups excluding carboxylic acids is 1. The third kappa shape index (κ3) is 3.46. The minimum absolute atomic E-state index is 0.0310. The summed E-state index contributed by atoms with van der Waals surface area (Å²) >= 11 is 0. The standard InChI is InChI=1S/C23H38O4/c1-5-8-23(4)26-13-17(27-23)12-25-22(24)19-11-16-10-18(19)21-15(7-3)9-14(6-2)20(16)21/h14-21H,5-13H2,1-4H3. The first-order valence-corrected chi connectivity index (χ1v) is 11.5. The molecule has 0 radical (unpaired) electrons. The lowest BCUT2D eigenvalue weighted by Gasteiger charge is -2.34. The Bertz CT molecular complexity index is 548. The van der Waals surface area contributed by atoms with Crippen molar-refractivity contribution in [1.82, 2.24) is 0 Å². The fourth-order valence-electron chi connectivity index (χ4n) is 7.30. The maximum atomic E-state index is 12.9. The molecular formula is C23H38O4. The van der Waals surface area contributed by atoms with Gasteiger partial charge in [-0.05, 0) is 61.7 Å². The lowest BCUT2D eigenvalue weighted by molar-refractivity contribution is -0.172. The molecule has 0 aromatic heterocycles. The molecule has 0 spiro atoms. The molecule has 0 aromatic carbocycles. The van der Waals surface area contributed by atoms with E-state index in [0.717, 1.165) is 48.9 Å². The Hall–Kier alpha value is -0.610. The Morgan fingerprint density at radius 3 is 2.52 bits per heavy atom. The molecule has 154 valence electrons. The summed E-state index contributed by atoms with van der Waals surface area (Å²) in [5, 5.41) is 0. The molecule has 4 nitrogen and oxygen atoms in total. The highest BCUT2D eigenvalue weighted by molar-refractivity contribution is 5.73. The number of ether oxygens (including phenoxy) is 3. The minimum Gasteiger partial charge on any atom is -0.463 e. The maximum Gasteiger partial charge on any atom is 0.309 e. The van der Waals surface area contributed by atoms with Gasteiger partial charge in [0.05, 0.1) is 12.5 Å². The van der Waals surface area contributed by atoms with Crippen LogP contribution >= 0.6 is 0 Å². The van der Waals surface area contributed by atoms with E-state index in [1.807, 2.05) is 6.92 Å². The number of carbonyl (C=O) groups is 1. The topological polar surface area (TPSA) is 44.8 Å². The van der Waals surface area contributed by atoms with Gasteiger partial charge in [-0.3, -0.25) is 4.79 Å². The van der Waals surface area contributed by atoms with Crippen LogP contribution in [0, 0.1) is 41.4 Å². The molecule has 4 fully saturated rings. The van der Waals surface area contributed by atoms with E-state index in [9.17, 15) is 4.79 Å². The Morgan fingerprint density at radius 1 is 1.07 bits per heavy atom. The summed E-state index contributed by atoms with van der Waals surface area (Å²) in [6, 6.07) is 0. The number of hydrogen-bond donors (Lipinski definition) is 0. The van der Waals surface area contributed by atoms with E-state index in [1.165, 1.54) is 25.7 Å². The largest absolute Gasteiger partial charge is 0.463 e. The maximum absolute atomic E-state index is 12.9. The van der Waals surface area contributed by atoms with Crippen LogP contribution in [0.5, 0.6) is 0 Å². The minimum atomic E-state index is -0.501. The molecule has 0 amide bonds. The summed E-state index contributed by atoms with van der Waals surface area (Å²) in [4.78, 5) is 12.9. The second kappa shape index (κ2) is 7.67. The van der Waals surface area contributed by atoms with Crippen molar-refractivity contribution in [2.45, 2.75) is 84.5 Å². The lowest BCUT2D eigenvalue weighted by Crippen LogP contribution is -2.36. The summed E-state index contributed by atoms with van der Waals surface area (Å²) in [7, 11) is 0. The molecule has 0 aromatic rings. The Labute approximate surface area is 164 Å². The van der Waals surface area contributed by atoms with E-state index >= 15 is 0 Å². The van der Waals surface area contributed by atoms with Crippen molar-refractivity contribution in [2.75, 3.05) is 13.2 Å². The Balaban J connectivity index is 1.32. The Kier molecular flexibility index (Phi) is 5.59. The van der Waals surface area contributed by atoms with Crippen molar-refractivity contribution in [2.24, 2.45) is 41.4 Å². The molecule has 1 heterocycles. The van der Waals surface area contributed by atoms with Gasteiger partial charge in [0, 0.05) is 6.42 Å². The molecule has 4 aliphatic rings. The molecule has 4 rings (SSSR count). The highest BCUT2D eigenvalue weighted by Gasteiger charge is 2.61. The molecule has 3 saturated carbocycles. The SMILES string of the molecule is CCCC1(C)OCC(COC(=O)C2CC3CC2C2C(CC)CC(CC)C32)O1. The van der Waals surface area contributed by atoms with Crippen LogP contribution in [0.15, 0.2) is 0 Å². The molecule has 1 saturated heterocycles. The molecule has 2 bridgehead atoms. The van der Waals surface area contributed by atoms with Gasteiger partial charge in [0.1, 0.15) is 12.7 Å². The van der Waals surface area contributed by atoms with Crippen molar-refractivity contribution in [3.05, 3.63) is 0 Å². The van der Waals surface area contributed by atoms with Crippen LogP contribution in [0.3, 0.4) is 0 Å². The van der Waals surface area contributed by atoms with Crippen LogP contribution in [0.1, 0.15) is 72.6 Å². The molecule has 9 unspecified atom stereocenters. The van der Waals surface area contributed by atoms with Gasteiger partial charge in [0.2, 0.25) is 0 Å². The van der Waals surface area contributed by atoms with Crippen LogP contribution < -0.4 is 0 Å². The van der Waals surface area contributed by atoms with Gasteiger partial charge in [-0.2, -0.15) is 0 Å². The zero-order valence-electron chi connectivity index (χ0n) is 17.6. The van der Waals surface area contributed by atoms with Gasteiger partial charge in [0.25, 0.3) is 0 Å². The van der Waals surface area contributed by atoms with Gasteiger partial charge in [-0.25, -0.2) is 0 Å². The van der Waals surface area contributed by atoms with Crippen LogP contribution in [-0.4, -0.2) is 31.1 Å². The summed E-state index contributed by atoms with van der Waals surface area (Å²) in [6.45, 7) is 9.68. The fraction of sp³-hybridized carbons (Fsp3) is 0.957. The fourth-order valence-corrected chi connectivity index (χ4v) is 7.30. The van der Waals surface area contributed by atoms with Gasteiger partial charge in [0.15, 0.2) is 5.79 Å². The van der Waals surface area contributed by atoms with Crippen molar-refractivity contribution >= 4 is 5.97 Å². The zero-order valence-corrected chi connectivity index (χ0v) is 17.6. The molecule has 0 N–H and O–H groups in total. The average Bonchev–Trinajstić information content (AvgIpc) is 3.40. The first-order chi connectivity index (χ1) is 13.0. The van der Waals surface area contributed by atoms with E-state index in [0.29, 0.717) is 19.1 Å². The lowest BCUT2D eigenvalue weighted by atomic mass is 9.70. The van der Waals surface area contributed by atoms with Crippen LogP contribution in [0.25, 0.3) is 0 Å². The van der Waals surface area contributed by atoms with Crippen molar-refractivity contribution in [1.29, 1.82) is 0 Å².